The quantitative estimate of drug-likeness (QED) is 0.280. The number of aromatic nitrogens is 3. The third-order valence-electron chi connectivity index (χ3n) is 5.51. The van der Waals surface area contributed by atoms with Crippen LogP contribution in [-0.4, -0.2) is 15.0 Å². The fourth-order valence-corrected chi connectivity index (χ4v) is 4.74. The SMILES string of the molecule is Cc1ccc2c(n1)oc1c(-c3cccc(Sc4cccc(-c5ccccc5)n4)n3)cccc12. The first kappa shape index (κ1) is 19.7. The highest BCUT2D eigenvalue weighted by Crippen LogP contribution is 2.35. The van der Waals surface area contributed by atoms with Crippen LogP contribution in [0.4, 0.5) is 0 Å². The van der Waals surface area contributed by atoms with Crippen LogP contribution < -0.4 is 0 Å². The highest BCUT2D eigenvalue weighted by molar-refractivity contribution is 7.99. The van der Waals surface area contributed by atoms with Crippen molar-refractivity contribution in [3.63, 3.8) is 0 Å². The van der Waals surface area contributed by atoms with Gasteiger partial charge in [-0.25, -0.2) is 15.0 Å². The summed E-state index contributed by atoms with van der Waals surface area (Å²) in [6.07, 6.45) is 0. The van der Waals surface area contributed by atoms with Crippen molar-refractivity contribution in [2.75, 3.05) is 0 Å². The third kappa shape index (κ3) is 3.77. The Kier molecular flexibility index (Phi) is 4.89. The predicted octanol–water partition coefficient (Wildman–Crippen LogP) is 7.56. The van der Waals surface area contributed by atoms with Crippen LogP contribution >= 0.6 is 11.8 Å². The van der Waals surface area contributed by atoms with Gasteiger partial charge in [-0.05, 0) is 49.4 Å². The number of hydrogen-bond acceptors (Lipinski definition) is 5. The van der Waals surface area contributed by atoms with E-state index in [0.717, 1.165) is 54.6 Å². The average molecular weight is 446 g/mol. The van der Waals surface area contributed by atoms with Crippen LogP contribution in [0.25, 0.3) is 44.6 Å². The van der Waals surface area contributed by atoms with Gasteiger partial charge in [-0.3, -0.25) is 0 Å². The fraction of sp³-hybridized carbons (Fsp3) is 0.0357. The summed E-state index contributed by atoms with van der Waals surface area (Å²) in [6.45, 7) is 1.97. The number of para-hydroxylation sites is 1. The minimum absolute atomic E-state index is 0.657. The van der Waals surface area contributed by atoms with E-state index in [-0.39, 0.29) is 0 Å². The van der Waals surface area contributed by atoms with Crippen molar-refractivity contribution in [1.82, 2.24) is 15.0 Å². The van der Waals surface area contributed by atoms with E-state index in [0.29, 0.717) is 5.71 Å². The van der Waals surface area contributed by atoms with Gasteiger partial charge in [0.25, 0.3) is 0 Å². The van der Waals surface area contributed by atoms with E-state index in [1.165, 1.54) is 0 Å². The lowest BCUT2D eigenvalue weighted by Gasteiger charge is -2.06. The van der Waals surface area contributed by atoms with Crippen LogP contribution in [-0.2, 0) is 0 Å². The van der Waals surface area contributed by atoms with E-state index in [1.54, 1.807) is 11.8 Å². The summed E-state index contributed by atoms with van der Waals surface area (Å²) in [5, 5.41) is 3.85. The Bertz CT molecular complexity index is 1610. The molecule has 0 unspecified atom stereocenters. The molecule has 6 aromatic rings. The van der Waals surface area contributed by atoms with E-state index in [1.807, 2.05) is 79.7 Å². The molecule has 158 valence electrons. The molecule has 0 aliphatic rings. The Morgan fingerprint density at radius 2 is 1.33 bits per heavy atom. The van der Waals surface area contributed by atoms with Gasteiger partial charge in [0.1, 0.15) is 15.6 Å². The normalized spacial score (nSPS) is 11.3. The monoisotopic (exact) mass is 445 g/mol. The van der Waals surface area contributed by atoms with E-state index >= 15 is 0 Å². The predicted molar refractivity (Wildman–Crippen MR) is 133 cm³/mol. The zero-order valence-electron chi connectivity index (χ0n) is 17.9. The minimum Gasteiger partial charge on any atom is -0.437 e. The summed E-state index contributed by atoms with van der Waals surface area (Å²) >= 11 is 1.55. The van der Waals surface area contributed by atoms with Crippen LogP contribution in [0.1, 0.15) is 5.69 Å². The molecule has 0 N–H and O–H groups in total. The van der Waals surface area contributed by atoms with Gasteiger partial charge in [0.05, 0.1) is 11.4 Å². The van der Waals surface area contributed by atoms with Gasteiger partial charge in [0, 0.05) is 27.6 Å². The van der Waals surface area contributed by atoms with Gasteiger partial charge in [-0.1, -0.05) is 66.4 Å². The number of aryl methyl sites for hydroxylation is 1. The minimum atomic E-state index is 0.657. The Morgan fingerprint density at radius 1 is 0.606 bits per heavy atom. The zero-order valence-corrected chi connectivity index (χ0v) is 18.7. The number of benzene rings is 2. The van der Waals surface area contributed by atoms with E-state index in [4.69, 9.17) is 14.4 Å². The first-order valence-corrected chi connectivity index (χ1v) is 11.5. The van der Waals surface area contributed by atoms with Gasteiger partial charge < -0.3 is 4.42 Å². The molecular weight excluding hydrogens is 426 g/mol. The topological polar surface area (TPSA) is 51.8 Å². The summed E-state index contributed by atoms with van der Waals surface area (Å²) in [6, 6.07) is 32.6. The number of rotatable bonds is 4. The molecular formula is C28H19N3OS. The van der Waals surface area contributed by atoms with Crippen LogP contribution in [0, 0.1) is 6.92 Å². The number of hydrogen-bond donors (Lipinski definition) is 0. The molecule has 6 rings (SSSR count). The van der Waals surface area contributed by atoms with Gasteiger partial charge in [-0.2, -0.15) is 0 Å². The van der Waals surface area contributed by atoms with Gasteiger partial charge in [0.2, 0.25) is 5.71 Å². The molecule has 0 fully saturated rings. The van der Waals surface area contributed by atoms with Gasteiger partial charge in [0.15, 0.2) is 0 Å². The van der Waals surface area contributed by atoms with Crippen LogP contribution in [0.3, 0.4) is 0 Å². The molecule has 0 saturated carbocycles. The molecule has 33 heavy (non-hydrogen) atoms. The maximum atomic E-state index is 6.17. The average Bonchev–Trinajstić information content (AvgIpc) is 3.22. The molecule has 0 aliphatic carbocycles. The van der Waals surface area contributed by atoms with E-state index < -0.39 is 0 Å². The first-order valence-electron chi connectivity index (χ1n) is 10.7. The molecule has 4 nitrogen and oxygen atoms in total. The summed E-state index contributed by atoms with van der Waals surface area (Å²) < 4.78 is 6.17. The molecule has 0 radical (unpaired) electrons. The largest absolute Gasteiger partial charge is 0.437 e. The lowest BCUT2D eigenvalue weighted by atomic mass is 10.1. The molecule has 0 aliphatic heterocycles. The fourth-order valence-electron chi connectivity index (χ4n) is 3.94. The van der Waals surface area contributed by atoms with E-state index in [9.17, 15) is 0 Å². The van der Waals surface area contributed by atoms with Gasteiger partial charge >= 0.3 is 0 Å². The van der Waals surface area contributed by atoms with Crippen LogP contribution in [0.2, 0.25) is 0 Å². The van der Waals surface area contributed by atoms with Crippen molar-refractivity contribution in [2.45, 2.75) is 17.0 Å². The smallest absolute Gasteiger partial charge is 0.227 e. The highest BCUT2D eigenvalue weighted by atomic mass is 32.2. The van der Waals surface area contributed by atoms with Crippen molar-refractivity contribution >= 4 is 33.8 Å². The second-order valence-corrected chi connectivity index (χ2v) is 8.82. The Balaban J connectivity index is 1.38. The number of furan rings is 1. The van der Waals surface area contributed by atoms with Crippen LogP contribution in [0.5, 0.6) is 0 Å². The second kappa shape index (κ2) is 8.19. The van der Waals surface area contributed by atoms with Crippen molar-refractivity contribution in [3.05, 3.63) is 103 Å². The highest BCUT2D eigenvalue weighted by Gasteiger charge is 2.14. The molecule has 2 aromatic carbocycles. The molecule has 4 aromatic heterocycles. The molecule has 0 atom stereocenters. The van der Waals surface area contributed by atoms with Crippen LogP contribution in [0.15, 0.2) is 112 Å². The molecule has 0 spiro atoms. The molecule has 0 saturated heterocycles. The number of nitrogens with zero attached hydrogens (tertiary/aromatic N) is 3. The van der Waals surface area contributed by atoms with Crippen molar-refractivity contribution in [3.8, 4) is 22.5 Å². The van der Waals surface area contributed by atoms with Crippen molar-refractivity contribution in [2.24, 2.45) is 0 Å². The summed E-state index contributed by atoms with van der Waals surface area (Å²) in [7, 11) is 0. The maximum Gasteiger partial charge on any atom is 0.227 e. The van der Waals surface area contributed by atoms with Gasteiger partial charge in [-0.15, -0.1) is 0 Å². The van der Waals surface area contributed by atoms with E-state index in [2.05, 4.69) is 29.2 Å². The summed E-state index contributed by atoms with van der Waals surface area (Å²) in [5.74, 6) is 0. The zero-order chi connectivity index (χ0) is 22.2. The van der Waals surface area contributed by atoms with Crippen molar-refractivity contribution < 1.29 is 4.42 Å². The standard InChI is InChI=1S/C28H19N3OS/c1-18-16-17-21-20-10-5-11-22(27(20)32-28(21)29-18)24-13-7-15-26(31-24)33-25-14-6-12-23(30-25)19-8-3-2-4-9-19/h2-17H,1H3. The maximum absolute atomic E-state index is 6.17. The molecule has 5 heteroatoms. The lowest BCUT2D eigenvalue weighted by molar-refractivity contribution is 0.653. The Hall–Kier alpha value is -3.96. The summed E-state index contributed by atoms with van der Waals surface area (Å²) in [4.78, 5) is 14.3. The number of pyridine rings is 3. The second-order valence-electron chi connectivity index (χ2n) is 7.78. The third-order valence-corrected chi connectivity index (χ3v) is 6.38. The lowest BCUT2D eigenvalue weighted by Crippen LogP contribution is -1.89. The Labute approximate surface area is 195 Å². The number of fused-ring (bicyclic) bond motifs is 3. The molecule has 0 bridgehead atoms. The Morgan fingerprint density at radius 3 is 2.15 bits per heavy atom. The summed E-state index contributed by atoms with van der Waals surface area (Å²) in [5.41, 5.74) is 6.27. The molecule has 0 amide bonds. The first-order chi connectivity index (χ1) is 16.2. The molecule has 4 heterocycles. The van der Waals surface area contributed by atoms with Crippen molar-refractivity contribution in [1.29, 1.82) is 0 Å².